The summed E-state index contributed by atoms with van der Waals surface area (Å²) in [5.41, 5.74) is 1.89. The summed E-state index contributed by atoms with van der Waals surface area (Å²) in [5, 5.41) is 14.4. The Balaban J connectivity index is 2.15. The van der Waals surface area contributed by atoms with E-state index in [1.807, 2.05) is 18.2 Å². The number of hydrogen-bond donors (Lipinski definition) is 1. The van der Waals surface area contributed by atoms with E-state index in [0.717, 1.165) is 0 Å². The summed E-state index contributed by atoms with van der Waals surface area (Å²) in [6.07, 6.45) is 0. The highest BCUT2D eigenvalue weighted by atomic mass is 16.6. The molecule has 0 bridgehead atoms. The summed E-state index contributed by atoms with van der Waals surface area (Å²) < 4.78 is 12.0. The van der Waals surface area contributed by atoms with Crippen molar-refractivity contribution in [2.24, 2.45) is 0 Å². The van der Waals surface area contributed by atoms with Crippen molar-refractivity contribution in [2.75, 3.05) is 20.8 Å². The molecule has 0 aliphatic carbocycles. The maximum atomic E-state index is 13.1. The lowest BCUT2D eigenvalue weighted by molar-refractivity contribution is -0.481. The van der Waals surface area contributed by atoms with Crippen LogP contribution in [0.15, 0.2) is 53.3 Å². The van der Waals surface area contributed by atoms with Gasteiger partial charge in [-0.1, -0.05) is 24.3 Å². The first-order valence-corrected chi connectivity index (χ1v) is 8.67. The molecule has 1 unspecified atom stereocenters. The quantitative estimate of drug-likeness (QED) is 0.500. The molecule has 3 rings (SSSR count). The van der Waals surface area contributed by atoms with E-state index in [0.29, 0.717) is 34.0 Å². The van der Waals surface area contributed by atoms with Gasteiger partial charge in [0.15, 0.2) is 11.5 Å². The molecule has 0 spiro atoms. The Labute approximate surface area is 161 Å². The Morgan fingerprint density at radius 2 is 1.79 bits per heavy atom. The second-order valence-corrected chi connectivity index (χ2v) is 6.31. The number of hydrogen-bond acceptors (Lipinski definition) is 5. The molecule has 0 saturated heterocycles. The summed E-state index contributed by atoms with van der Waals surface area (Å²) in [6, 6.07) is 14.1. The maximum Gasteiger partial charge on any atom is 0.275 e. The maximum absolute atomic E-state index is 13.1. The predicted molar refractivity (Wildman–Crippen MR) is 104 cm³/mol. The summed E-state index contributed by atoms with van der Waals surface area (Å²) in [7, 11) is 3.01. The van der Waals surface area contributed by atoms with Crippen molar-refractivity contribution in [1.82, 2.24) is 9.78 Å². The van der Waals surface area contributed by atoms with Gasteiger partial charge in [0.05, 0.1) is 31.4 Å². The van der Waals surface area contributed by atoms with E-state index in [9.17, 15) is 14.9 Å². The first-order chi connectivity index (χ1) is 13.5. The number of nitrogens with one attached hydrogen (secondary N) is 1. The van der Waals surface area contributed by atoms with E-state index < -0.39 is 17.4 Å². The molecule has 1 N–H and O–H groups in total. The van der Waals surface area contributed by atoms with Crippen LogP contribution in [-0.2, 0) is 0 Å². The summed E-state index contributed by atoms with van der Waals surface area (Å²) in [4.78, 5) is 24.1. The second-order valence-electron chi connectivity index (χ2n) is 6.31. The number of nitrogens with zero attached hydrogens (tertiary/aromatic N) is 2. The van der Waals surface area contributed by atoms with Gasteiger partial charge in [-0.2, -0.15) is 0 Å². The van der Waals surface area contributed by atoms with Crippen molar-refractivity contribution in [3.8, 4) is 17.2 Å². The lowest BCUT2D eigenvalue weighted by Gasteiger charge is -2.15. The van der Waals surface area contributed by atoms with Gasteiger partial charge in [0.1, 0.15) is 0 Å². The van der Waals surface area contributed by atoms with Crippen LogP contribution in [0.1, 0.15) is 22.7 Å². The van der Waals surface area contributed by atoms with E-state index in [1.165, 1.54) is 18.9 Å². The smallest absolute Gasteiger partial charge is 0.275 e. The van der Waals surface area contributed by atoms with Crippen molar-refractivity contribution in [2.45, 2.75) is 12.8 Å². The van der Waals surface area contributed by atoms with E-state index in [1.54, 1.807) is 37.3 Å². The van der Waals surface area contributed by atoms with E-state index in [2.05, 4.69) is 5.10 Å². The first kappa shape index (κ1) is 19.2. The van der Waals surface area contributed by atoms with Gasteiger partial charge >= 0.3 is 0 Å². The van der Waals surface area contributed by atoms with Gasteiger partial charge in [-0.3, -0.25) is 20.0 Å². The lowest BCUT2D eigenvalue weighted by Crippen LogP contribution is -2.24. The average Bonchev–Trinajstić information content (AvgIpc) is 3.00. The number of aromatic amines is 1. The Bertz CT molecular complexity index is 1040. The molecule has 0 aliphatic rings. The van der Waals surface area contributed by atoms with Crippen molar-refractivity contribution in [1.29, 1.82) is 0 Å². The van der Waals surface area contributed by atoms with Gasteiger partial charge in [-0.25, -0.2) is 4.68 Å². The SMILES string of the molecule is COc1ccc(C(C[N+](=O)[O-])c2c(C)[nH]n(-c3ccccc3)c2=O)cc1OC. The zero-order valence-electron chi connectivity index (χ0n) is 15.8. The van der Waals surface area contributed by atoms with E-state index >= 15 is 0 Å². The minimum Gasteiger partial charge on any atom is -0.493 e. The van der Waals surface area contributed by atoms with Crippen molar-refractivity contribution >= 4 is 0 Å². The normalized spacial score (nSPS) is 11.8. The van der Waals surface area contributed by atoms with Gasteiger partial charge in [0.25, 0.3) is 5.56 Å². The molecule has 146 valence electrons. The van der Waals surface area contributed by atoms with Crippen LogP contribution in [0, 0.1) is 17.0 Å². The third-order valence-electron chi connectivity index (χ3n) is 4.62. The standard InChI is InChI=1S/C20H21N3O5/c1-13-19(20(24)23(21-13)15-7-5-4-6-8-15)16(12-22(25)26)14-9-10-17(27-2)18(11-14)28-3/h4-11,16,21H,12H2,1-3H3. The Hall–Kier alpha value is -3.55. The van der Waals surface area contributed by atoms with Crippen molar-refractivity contribution < 1.29 is 14.4 Å². The largest absolute Gasteiger partial charge is 0.493 e. The molecule has 28 heavy (non-hydrogen) atoms. The zero-order chi connectivity index (χ0) is 20.3. The number of ether oxygens (including phenoxy) is 2. The molecule has 1 atom stereocenters. The van der Waals surface area contributed by atoms with Gasteiger partial charge in [0.2, 0.25) is 6.54 Å². The fourth-order valence-electron chi connectivity index (χ4n) is 3.31. The zero-order valence-corrected chi connectivity index (χ0v) is 15.8. The van der Waals surface area contributed by atoms with Gasteiger partial charge in [-0.15, -0.1) is 0 Å². The second kappa shape index (κ2) is 7.99. The molecule has 1 aromatic heterocycles. The number of aryl methyl sites for hydroxylation is 1. The number of H-pyrrole nitrogens is 1. The molecule has 0 saturated carbocycles. The van der Waals surface area contributed by atoms with Crippen LogP contribution in [-0.4, -0.2) is 35.5 Å². The van der Waals surface area contributed by atoms with Crippen molar-refractivity contribution in [3.05, 3.63) is 85.8 Å². The molecule has 0 amide bonds. The molecule has 8 nitrogen and oxygen atoms in total. The van der Waals surface area contributed by atoms with Gasteiger partial charge < -0.3 is 9.47 Å². The summed E-state index contributed by atoms with van der Waals surface area (Å²) in [5.74, 6) is 0.229. The van der Waals surface area contributed by atoms with Crippen LogP contribution < -0.4 is 15.0 Å². The van der Waals surface area contributed by atoms with Gasteiger partial charge in [-0.05, 0) is 36.8 Å². The minimum absolute atomic E-state index is 0.315. The third kappa shape index (κ3) is 3.62. The lowest BCUT2D eigenvalue weighted by atomic mass is 9.91. The van der Waals surface area contributed by atoms with E-state index in [4.69, 9.17) is 9.47 Å². The molecule has 3 aromatic rings. The van der Waals surface area contributed by atoms with Crippen LogP contribution >= 0.6 is 0 Å². The predicted octanol–water partition coefficient (Wildman–Crippen LogP) is 2.90. The Kier molecular flexibility index (Phi) is 5.49. The fourth-order valence-corrected chi connectivity index (χ4v) is 3.31. The van der Waals surface area contributed by atoms with Crippen molar-refractivity contribution in [3.63, 3.8) is 0 Å². The Morgan fingerprint density at radius 1 is 1.11 bits per heavy atom. The molecule has 0 fully saturated rings. The number of benzene rings is 2. The molecule has 2 aromatic carbocycles. The number of aromatic nitrogens is 2. The molecule has 1 heterocycles. The van der Waals surface area contributed by atoms with Gasteiger partial charge in [0, 0.05) is 10.6 Å². The minimum atomic E-state index is -0.733. The van der Waals surface area contributed by atoms with Crippen LogP contribution in [0.3, 0.4) is 0 Å². The molecular formula is C20H21N3O5. The van der Waals surface area contributed by atoms with E-state index in [-0.39, 0.29) is 5.56 Å². The number of nitro groups is 1. The highest BCUT2D eigenvalue weighted by Gasteiger charge is 2.28. The third-order valence-corrected chi connectivity index (χ3v) is 4.62. The molecule has 0 radical (unpaired) electrons. The molecule has 0 aliphatic heterocycles. The number of rotatable bonds is 7. The topological polar surface area (TPSA) is 99.4 Å². The van der Waals surface area contributed by atoms with Crippen LogP contribution in [0.4, 0.5) is 0 Å². The molecule has 8 heteroatoms. The summed E-state index contributed by atoms with van der Waals surface area (Å²) >= 11 is 0. The first-order valence-electron chi connectivity index (χ1n) is 8.67. The average molecular weight is 383 g/mol. The number of para-hydroxylation sites is 1. The molecular weight excluding hydrogens is 362 g/mol. The van der Waals surface area contributed by atoms with Crippen LogP contribution in [0.5, 0.6) is 11.5 Å². The highest BCUT2D eigenvalue weighted by Crippen LogP contribution is 2.33. The van der Waals surface area contributed by atoms with Crippen LogP contribution in [0.25, 0.3) is 5.69 Å². The Morgan fingerprint density at radius 3 is 2.39 bits per heavy atom. The summed E-state index contributed by atoms with van der Waals surface area (Å²) in [6.45, 7) is 1.32. The van der Waals surface area contributed by atoms with Crippen LogP contribution in [0.2, 0.25) is 0 Å². The fraction of sp³-hybridized carbons (Fsp3) is 0.250. The monoisotopic (exact) mass is 383 g/mol. The highest BCUT2D eigenvalue weighted by molar-refractivity contribution is 5.47. The number of methoxy groups -OCH3 is 2.